The second-order valence-corrected chi connectivity index (χ2v) is 3.29. The molecular formula is C8H16O2. The summed E-state index contributed by atoms with van der Waals surface area (Å²) in [5.74, 6) is 0. The lowest BCUT2D eigenvalue weighted by molar-refractivity contribution is -0.129. The van der Waals surface area contributed by atoms with Gasteiger partial charge in [-0.25, -0.2) is 0 Å². The zero-order valence-corrected chi connectivity index (χ0v) is 6.76. The topological polar surface area (TPSA) is 29.5 Å². The first-order chi connectivity index (χ1) is 4.65. The molecule has 0 bridgehead atoms. The summed E-state index contributed by atoms with van der Waals surface area (Å²) in [7, 11) is 0. The van der Waals surface area contributed by atoms with Gasteiger partial charge in [0.15, 0.2) is 0 Å². The summed E-state index contributed by atoms with van der Waals surface area (Å²) in [6.07, 6.45) is 2.97. The van der Waals surface area contributed by atoms with Crippen LogP contribution in [0.1, 0.15) is 33.1 Å². The minimum Gasteiger partial charge on any atom is -0.390 e. The molecule has 60 valence electrons. The fourth-order valence-corrected chi connectivity index (χ4v) is 1.29. The first-order valence-corrected chi connectivity index (χ1v) is 3.97. The lowest BCUT2D eigenvalue weighted by Gasteiger charge is -2.36. The summed E-state index contributed by atoms with van der Waals surface area (Å²) in [6.45, 7) is 4.59. The van der Waals surface area contributed by atoms with E-state index in [0.29, 0.717) is 0 Å². The molecule has 1 N–H and O–H groups in total. The van der Waals surface area contributed by atoms with Crippen molar-refractivity contribution in [2.45, 2.75) is 44.8 Å². The summed E-state index contributed by atoms with van der Waals surface area (Å²) in [5, 5.41) is 9.31. The highest BCUT2D eigenvalue weighted by Gasteiger charge is 2.32. The molecule has 10 heavy (non-hydrogen) atoms. The van der Waals surface area contributed by atoms with E-state index in [9.17, 15) is 5.11 Å². The first-order valence-electron chi connectivity index (χ1n) is 3.97. The Morgan fingerprint density at radius 3 is 2.50 bits per heavy atom. The van der Waals surface area contributed by atoms with Gasteiger partial charge in [0.1, 0.15) is 0 Å². The molecule has 1 heterocycles. The third kappa shape index (κ3) is 1.50. The third-order valence-electron chi connectivity index (χ3n) is 2.38. The van der Waals surface area contributed by atoms with E-state index in [2.05, 4.69) is 0 Å². The van der Waals surface area contributed by atoms with E-state index in [1.807, 2.05) is 6.92 Å². The van der Waals surface area contributed by atoms with Crippen LogP contribution in [0.15, 0.2) is 0 Å². The smallest absolute Gasteiger partial charge is 0.0909 e. The maximum Gasteiger partial charge on any atom is 0.0909 e. The standard InChI is InChI=1S/C8H16O2/c1-7(9)8(2)5-3-4-6-10-8/h7,9H,3-6H2,1-2H3/t7-,8?/m1/s1. The average molecular weight is 144 g/mol. The Hall–Kier alpha value is -0.0800. The van der Waals surface area contributed by atoms with Crippen molar-refractivity contribution in [3.63, 3.8) is 0 Å². The van der Waals surface area contributed by atoms with Gasteiger partial charge in [-0.1, -0.05) is 0 Å². The summed E-state index contributed by atoms with van der Waals surface area (Å²) in [4.78, 5) is 0. The number of rotatable bonds is 1. The maximum absolute atomic E-state index is 9.31. The second-order valence-electron chi connectivity index (χ2n) is 3.29. The van der Waals surface area contributed by atoms with Crippen LogP contribution in [0.3, 0.4) is 0 Å². The summed E-state index contributed by atoms with van der Waals surface area (Å²) in [5.41, 5.74) is -0.266. The van der Waals surface area contributed by atoms with Crippen LogP contribution in [0.5, 0.6) is 0 Å². The largest absolute Gasteiger partial charge is 0.390 e. The highest BCUT2D eigenvalue weighted by molar-refractivity contribution is 4.83. The zero-order chi connectivity index (χ0) is 7.61. The molecule has 0 amide bonds. The van der Waals surface area contributed by atoms with Crippen LogP contribution in [0, 0.1) is 0 Å². The quantitative estimate of drug-likeness (QED) is 0.601. The van der Waals surface area contributed by atoms with Crippen LogP contribution in [-0.2, 0) is 4.74 Å². The Morgan fingerprint density at radius 1 is 1.50 bits per heavy atom. The van der Waals surface area contributed by atoms with Crippen LogP contribution in [0.2, 0.25) is 0 Å². The van der Waals surface area contributed by atoms with Crippen molar-refractivity contribution in [3.8, 4) is 0 Å². The lowest BCUT2D eigenvalue weighted by Crippen LogP contribution is -2.42. The van der Waals surface area contributed by atoms with Crippen molar-refractivity contribution >= 4 is 0 Å². The molecule has 1 rings (SSSR count). The number of ether oxygens (including phenoxy) is 1. The number of hydrogen-bond acceptors (Lipinski definition) is 2. The average Bonchev–Trinajstić information content (AvgIpc) is 1.89. The molecule has 0 spiro atoms. The Bertz CT molecular complexity index is 104. The summed E-state index contributed by atoms with van der Waals surface area (Å²) in [6, 6.07) is 0. The van der Waals surface area contributed by atoms with Crippen LogP contribution in [0.4, 0.5) is 0 Å². The molecule has 2 atom stereocenters. The molecule has 0 aromatic heterocycles. The van der Waals surface area contributed by atoms with Gasteiger partial charge in [-0.15, -0.1) is 0 Å². The van der Waals surface area contributed by atoms with Gasteiger partial charge in [0, 0.05) is 6.61 Å². The normalized spacial score (nSPS) is 37.5. The highest BCUT2D eigenvalue weighted by Crippen LogP contribution is 2.27. The van der Waals surface area contributed by atoms with E-state index < -0.39 is 0 Å². The van der Waals surface area contributed by atoms with Gasteiger partial charge >= 0.3 is 0 Å². The van der Waals surface area contributed by atoms with Crippen LogP contribution in [-0.4, -0.2) is 23.4 Å². The number of aliphatic hydroxyl groups excluding tert-OH is 1. The minimum atomic E-state index is -0.340. The maximum atomic E-state index is 9.31. The van der Waals surface area contributed by atoms with E-state index in [1.54, 1.807) is 6.92 Å². The molecule has 0 radical (unpaired) electrons. The molecule has 1 unspecified atom stereocenters. The Kier molecular flexibility index (Phi) is 2.32. The third-order valence-corrected chi connectivity index (χ3v) is 2.38. The molecule has 1 fully saturated rings. The Labute approximate surface area is 62.2 Å². The fourth-order valence-electron chi connectivity index (χ4n) is 1.29. The summed E-state index contributed by atoms with van der Waals surface area (Å²) < 4.78 is 5.48. The summed E-state index contributed by atoms with van der Waals surface area (Å²) >= 11 is 0. The second kappa shape index (κ2) is 2.89. The van der Waals surface area contributed by atoms with Gasteiger partial charge in [0.25, 0.3) is 0 Å². The molecule has 2 heteroatoms. The predicted octanol–water partition coefficient (Wildman–Crippen LogP) is 1.33. The lowest BCUT2D eigenvalue weighted by atomic mass is 9.91. The number of hydrogen-bond donors (Lipinski definition) is 1. The van der Waals surface area contributed by atoms with Gasteiger partial charge in [-0.2, -0.15) is 0 Å². The van der Waals surface area contributed by atoms with E-state index in [4.69, 9.17) is 4.74 Å². The molecule has 0 aromatic rings. The van der Waals surface area contributed by atoms with Crippen molar-refractivity contribution in [1.82, 2.24) is 0 Å². The SMILES string of the molecule is C[C@@H](O)C1(C)CCCCO1. The Morgan fingerprint density at radius 2 is 2.20 bits per heavy atom. The van der Waals surface area contributed by atoms with Gasteiger partial charge in [0.05, 0.1) is 11.7 Å². The predicted molar refractivity (Wildman–Crippen MR) is 39.9 cm³/mol. The molecule has 0 saturated carbocycles. The van der Waals surface area contributed by atoms with Crippen molar-refractivity contribution < 1.29 is 9.84 Å². The van der Waals surface area contributed by atoms with E-state index in [0.717, 1.165) is 19.4 Å². The molecule has 1 saturated heterocycles. The van der Waals surface area contributed by atoms with Crippen molar-refractivity contribution in [1.29, 1.82) is 0 Å². The van der Waals surface area contributed by atoms with Crippen molar-refractivity contribution in [3.05, 3.63) is 0 Å². The molecule has 0 aliphatic carbocycles. The van der Waals surface area contributed by atoms with E-state index in [1.165, 1.54) is 6.42 Å². The van der Waals surface area contributed by atoms with E-state index in [-0.39, 0.29) is 11.7 Å². The van der Waals surface area contributed by atoms with Gasteiger partial charge in [0.2, 0.25) is 0 Å². The molecule has 0 aromatic carbocycles. The molecule has 1 aliphatic rings. The van der Waals surface area contributed by atoms with Crippen LogP contribution < -0.4 is 0 Å². The Balaban J connectivity index is 2.48. The highest BCUT2D eigenvalue weighted by atomic mass is 16.5. The van der Waals surface area contributed by atoms with E-state index >= 15 is 0 Å². The monoisotopic (exact) mass is 144 g/mol. The zero-order valence-electron chi connectivity index (χ0n) is 6.76. The van der Waals surface area contributed by atoms with Gasteiger partial charge in [-0.05, 0) is 33.1 Å². The molecular weight excluding hydrogens is 128 g/mol. The molecule has 1 aliphatic heterocycles. The van der Waals surface area contributed by atoms with Crippen molar-refractivity contribution in [2.75, 3.05) is 6.61 Å². The van der Waals surface area contributed by atoms with Crippen molar-refractivity contribution in [2.24, 2.45) is 0 Å². The van der Waals surface area contributed by atoms with Crippen LogP contribution >= 0.6 is 0 Å². The van der Waals surface area contributed by atoms with Crippen LogP contribution in [0.25, 0.3) is 0 Å². The number of aliphatic hydroxyl groups is 1. The fraction of sp³-hybridized carbons (Fsp3) is 1.00. The van der Waals surface area contributed by atoms with Gasteiger partial charge < -0.3 is 9.84 Å². The van der Waals surface area contributed by atoms with Gasteiger partial charge in [-0.3, -0.25) is 0 Å². The first kappa shape index (κ1) is 8.02. The molecule has 2 nitrogen and oxygen atoms in total. The minimum absolute atomic E-state index is 0.266.